The molecule has 2 nitrogen and oxygen atoms in total. The first kappa shape index (κ1) is 15.0. The van der Waals surface area contributed by atoms with Crippen LogP contribution in [0.5, 0.6) is 0 Å². The molecule has 0 aliphatic carbocycles. The third-order valence-electron chi connectivity index (χ3n) is 2.57. The Labute approximate surface area is 116 Å². The van der Waals surface area contributed by atoms with E-state index < -0.39 is 0 Å². The molecule has 96 valence electrons. The molecule has 0 saturated heterocycles. The Bertz CT molecular complexity index is 346. The summed E-state index contributed by atoms with van der Waals surface area (Å²) in [5.41, 5.74) is 7.30. The summed E-state index contributed by atoms with van der Waals surface area (Å²) in [4.78, 5) is 0. The maximum atomic E-state index is 8.95. The molecule has 17 heavy (non-hydrogen) atoms. The van der Waals surface area contributed by atoms with Crippen LogP contribution in [0, 0.1) is 0 Å². The number of nitrogens with two attached hydrogens (primary N) is 1. The molecule has 1 aromatic carbocycles. The normalized spacial score (nSPS) is 16.5. The average molecular weight is 318 g/mol. The van der Waals surface area contributed by atoms with Crippen LogP contribution in [0.15, 0.2) is 28.7 Å². The molecule has 1 rings (SSSR count). The van der Waals surface area contributed by atoms with Gasteiger partial charge in [-0.1, -0.05) is 35.0 Å². The Morgan fingerprint density at radius 2 is 2.12 bits per heavy atom. The van der Waals surface area contributed by atoms with Crippen molar-refractivity contribution in [3.8, 4) is 0 Å². The van der Waals surface area contributed by atoms with Gasteiger partial charge in [-0.05, 0) is 31.0 Å². The first-order chi connectivity index (χ1) is 8.04. The summed E-state index contributed by atoms with van der Waals surface area (Å²) in [6, 6.07) is 8.37. The van der Waals surface area contributed by atoms with Crippen LogP contribution in [0.3, 0.4) is 0 Å². The van der Waals surface area contributed by atoms with Crippen LogP contribution in [0.4, 0.5) is 0 Å². The van der Waals surface area contributed by atoms with Crippen molar-refractivity contribution < 1.29 is 5.11 Å². The molecule has 4 heteroatoms. The molecule has 1 aromatic rings. The third kappa shape index (κ3) is 5.00. The van der Waals surface area contributed by atoms with Gasteiger partial charge in [-0.2, -0.15) is 0 Å². The lowest BCUT2D eigenvalue weighted by Gasteiger charge is -2.24. The lowest BCUT2D eigenvalue weighted by molar-refractivity contribution is 0.288. The van der Waals surface area contributed by atoms with Gasteiger partial charge in [0.25, 0.3) is 0 Å². The van der Waals surface area contributed by atoms with Crippen molar-refractivity contribution in [2.24, 2.45) is 5.73 Å². The first-order valence-corrected chi connectivity index (χ1v) is 7.55. The van der Waals surface area contributed by atoms with Crippen LogP contribution in [0.1, 0.15) is 31.1 Å². The zero-order chi connectivity index (χ0) is 12.8. The molecule has 3 unspecified atom stereocenters. The van der Waals surface area contributed by atoms with Crippen molar-refractivity contribution in [1.29, 1.82) is 0 Å². The Morgan fingerprint density at radius 1 is 1.41 bits per heavy atom. The molecule has 0 radical (unpaired) electrons. The van der Waals surface area contributed by atoms with E-state index in [-0.39, 0.29) is 17.9 Å². The number of aliphatic hydroxyl groups excluding tert-OH is 1. The number of hydrogen-bond donors (Lipinski definition) is 2. The molecule has 0 aliphatic rings. The second-order valence-electron chi connectivity index (χ2n) is 4.29. The number of aliphatic hydroxyl groups is 1. The van der Waals surface area contributed by atoms with Crippen LogP contribution in [-0.4, -0.2) is 23.0 Å². The maximum absolute atomic E-state index is 8.95. The van der Waals surface area contributed by atoms with Crippen molar-refractivity contribution >= 4 is 27.7 Å². The summed E-state index contributed by atoms with van der Waals surface area (Å²) < 4.78 is 1.08. The van der Waals surface area contributed by atoms with Crippen LogP contribution in [-0.2, 0) is 0 Å². The highest BCUT2D eigenvalue weighted by atomic mass is 79.9. The molecule has 0 fully saturated rings. The van der Waals surface area contributed by atoms with E-state index in [9.17, 15) is 0 Å². The number of thioether (sulfide) groups is 1. The van der Waals surface area contributed by atoms with Crippen molar-refractivity contribution in [2.45, 2.75) is 36.8 Å². The fourth-order valence-corrected chi connectivity index (χ4v) is 3.40. The smallest absolute Gasteiger partial charge is 0.0448 e. The number of rotatable bonds is 6. The maximum Gasteiger partial charge on any atom is 0.0448 e. The second-order valence-corrected chi connectivity index (χ2v) is 6.79. The number of halogens is 1. The molecule has 3 N–H and O–H groups in total. The molecule has 0 bridgehead atoms. The summed E-state index contributed by atoms with van der Waals surface area (Å²) in [7, 11) is 0. The highest BCUT2D eigenvalue weighted by molar-refractivity contribution is 9.10. The molecular formula is C13H20BrNOS. The summed E-state index contributed by atoms with van der Waals surface area (Å²) >= 11 is 5.32. The van der Waals surface area contributed by atoms with E-state index in [0.29, 0.717) is 5.25 Å². The second kappa shape index (κ2) is 7.41. The zero-order valence-corrected chi connectivity index (χ0v) is 12.7. The fourth-order valence-electron chi connectivity index (χ4n) is 1.69. The highest BCUT2D eigenvalue weighted by Gasteiger charge is 2.19. The Balaban J connectivity index is 2.79. The molecule has 0 saturated carbocycles. The summed E-state index contributed by atoms with van der Waals surface area (Å²) in [6.45, 7) is 4.40. The molecule has 3 atom stereocenters. The van der Waals surface area contributed by atoms with Gasteiger partial charge in [-0.3, -0.25) is 0 Å². The van der Waals surface area contributed by atoms with Crippen molar-refractivity contribution in [1.82, 2.24) is 0 Å². The van der Waals surface area contributed by atoms with Gasteiger partial charge in [0, 0.05) is 27.6 Å². The van der Waals surface area contributed by atoms with Crippen molar-refractivity contribution in [2.75, 3.05) is 6.61 Å². The van der Waals surface area contributed by atoms with E-state index in [4.69, 9.17) is 10.8 Å². The Hall–Kier alpha value is -0.0300. The quantitative estimate of drug-likeness (QED) is 0.845. The van der Waals surface area contributed by atoms with E-state index in [1.807, 2.05) is 30.8 Å². The van der Waals surface area contributed by atoms with Gasteiger partial charge in [0.05, 0.1) is 0 Å². The lowest BCUT2D eigenvalue weighted by atomic mass is 10.1. The first-order valence-electron chi connectivity index (χ1n) is 5.82. The number of hydrogen-bond acceptors (Lipinski definition) is 3. The Morgan fingerprint density at radius 3 is 2.65 bits per heavy atom. The van der Waals surface area contributed by atoms with Gasteiger partial charge < -0.3 is 10.8 Å². The van der Waals surface area contributed by atoms with E-state index in [0.717, 1.165) is 10.9 Å². The van der Waals surface area contributed by atoms with Crippen LogP contribution in [0.25, 0.3) is 0 Å². The summed E-state index contributed by atoms with van der Waals surface area (Å²) in [6.07, 6.45) is 0.807. The fraction of sp³-hybridized carbons (Fsp3) is 0.538. The van der Waals surface area contributed by atoms with Gasteiger partial charge in [-0.25, -0.2) is 0 Å². The van der Waals surface area contributed by atoms with Gasteiger partial charge in [0.2, 0.25) is 0 Å². The van der Waals surface area contributed by atoms with Crippen LogP contribution in [0.2, 0.25) is 0 Å². The van der Waals surface area contributed by atoms with Crippen molar-refractivity contribution in [3.05, 3.63) is 34.3 Å². The largest absolute Gasteiger partial charge is 0.396 e. The minimum Gasteiger partial charge on any atom is -0.396 e. The molecular weight excluding hydrogens is 298 g/mol. The van der Waals surface area contributed by atoms with E-state index in [1.165, 1.54) is 5.56 Å². The van der Waals surface area contributed by atoms with E-state index in [1.54, 1.807) is 0 Å². The predicted molar refractivity (Wildman–Crippen MR) is 79.3 cm³/mol. The molecule has 0 aromatic heterocycles. The van der Waals surface area contributed by atoms with E-state index in [2.05, 4.69) is 35.0 Å². The monoisotopic (exact) mass is 317 g/mol. The number of benzene rings is 1. The standard InChI is InChI=1S/C13H20BrNOS/c1-9(6-7-16)17-13(10(2)15)11-4-3-5-12(14)8-11/h3-5,8-10,13,16H,6-7,15H2,1-2H3. The lowest BCUT2D eigenvalue weighted by Crippen LogP contribution is -2.24. The summed E-state index contributed by atoms with van der Waals surface area (Å²) in [5, 5.41) is 9.64. The Kier molecular flexibility index (Phi) is 6.55. The predicted octanol–water partition coefficient (Wildman–Crippen LogP) is 3.34. The SMILES string of the molecule is CC(CCO)SC(c1cccc(Br)c1)C(C)N. The topological polar surface area (TPSA) is 46.2 Å². The molecule has 0 aliphatic heterocycles. The molecule has 0 heterocycles. The zero-order valence-electron chi connectivity index (χ0n) is 10.3. The van der Waals surface area contributed by atoms with E-state index >= 15 is 0 Å². The third-order valence-corrected chi connectivity index (χ3v) is 4.76. The average Bonchev–Trinajstić information content (AvgIpc) is 2.26. The van der Waals surface area contributed by atoms with Gasteiger partial charge in [0.15, 0.2) is 0 Å². The van der Waals surface area contributed by atoms with Gasteiger partial charge in [0.1, 0.15) is 0 Å². The van der Waals surface area contributed by atoms with Gasteiger partial charge in [-0.15, -0.1) is 11.8 Å². The minimum absolute atomic E-state index is 0.0930. The molecule has 0 spiro atoms. The molecule has 0 amide bonds. The van der Waals surface area contributed by atoms with Crippen LogP contribution >= 0.6 is 27.7 Å². The van der Waals surface area contributed by atoms with Crippen molar-refractivity contribution in [3.63, 3.8) is 0 Å². The van der Waals surface area contributed by atoms with Gasteiger partial charge >= 0.3 is 0 Å². The highest BCUT2D eigenvalue weighted by Crippen LogP contribution is 2.36. The minimum atomic E-state index is 0.0930. The summed E-state index contributed by atoms with van der Waals surface area (Å²) in [5.74, 6) is 0. The van der Waals surface area contributed by atoms with Crippen LogP contribution < -0.4 is 5.73 Å².